The van der Waals surface area contributed by atoms with Crippen LogP contribution in [0.5, 0.6) is 0 Å². The summed E-state index contributed by atoms with van der Waals surface area (Å²) in [4.78, 5) is 15.9. The van der Waals surface area contributed by atoms with Gasteiger partial charge in [-0.1, -0.05) is 170 Å². The number of fused-ring (bicyclic) bond motifs is 7. The summed E-state index contributed by atoms with van der Waals surface area (Å²) in [7, 11) is 0. The van der Waals surface area contributed by atoms with Crippen molar-refractivity contribution >= 4 is 54.3 Å². The van der Waals surface area contributed by atoms with Gasteiger partial charge < -0.3 is 4.42 Å². The van der Waals surface area contributed by atoms with E-state index in [-0.39, 0.29) is 0 Å². The van der Waals surface area contributed by atoms with Crippen LogP contribution in [0.1, 0.15) is 0 Å². The van der Waals surface area contributed by atoms with Gasteiger partial charge in [-0.2, -0.15) is 0 Å². The fourth-order valence-corrected chi connectivity index (χ4v) is 8.16. The second-order valence-corrected chi connectivity index (χ2v) is 13.9. The molecule has 0 amide bonds. The summed E-state index contributed by atoms with van der Waals surface area (Å²) < 4.78 is 6.22. The van der Waals surface area contributed by atoms with Gasteiger partial charge in [0.2, 0.25) is 0 Å². The molecular formula is C51H31N3O. The first kappa shape index (κ1) is 31.1. The SMILES string of the molecule is c1ccc(-c2ccccc2-c2nc(-c3ccc(-c4cccc5oc6ccccc6c45)cc3)nc(-c3c4ccccc4cc4c3ccc3ccccc34)n2)cc1. The Bertz CT molecular complexity index is 3260. The van der Waals surface area contributed by atoms with Crippen molar-refractivity contribution in [2.45, 2.75) is 0 Å². The van der Waals surface area contributed by atoms with E-state index in [1.807, 2.05) is 24.3 Å². The van der Waals surface area contributed by atoms with E-state index >= 15 is 0 Å². The van der Waals surface area contributed by atoms with Gasteiger partial charge in [0.1, 0.15) is 11.2 Å². The Labute approximate surface area is 317 Å². The van der Waals surface area contributed by atoms with E-state index in [9.17, 15) is 0 Å². The molecule has 0 saturated heterocycles. The smallest absolute Gasteiger partial charge is 0.165 e. The molecule has 0 atom stereocenters. The molecule has 0 bridgehead atoms. The molecule has 0 saturated carbocycles. The highest BCUT2D eigenvalue weighted by atomic mass is 16.3. The Morgan fingerprint density at radius 2 is 0.909 bits per heavy atom. The van der Waals surface area contributed by atoms with E-state index in [0.29, 0.717) is 17.5 Å². The van der Waals surface area contributed by atoms with Gasteiger partial charge in [-0.25, -0.2) is 15.0 Å². The predicted molar refractivity (Wildman–Crippen MR) is 227 cm³/mol. The van der Waals surface area contributed by atoms with Crippen LogP contribution in [0.4, 0.5) is 0 Å². The molecule has 2 heterocycles. The van der Waals surface area contributed by atoms with Crippen LogP contribution in [0, 0.1) is 0 Å². The maximum absolute atomic E-state index is 6.22. The molecule has 0 N–H and O–H groups in total. The van der Waals surface area contributed by atoms with Crippen molar-refractivity contribution in [2.24, 2.45) is 0 Å². The van der Waals surface area contributed by atoms with Crippen molar-refractivity contribution in [3.05, 3.63) is 188 Å². The number of benzene rings is 9. The molecule has 2 aromatic heterocycles. The third-order valence-corrected chi connectivity index (χ3v) is 10.7. The first-order valence-electron chi connectivity index (χ1n) is 18.5. The van der Waals surface area contributed by atoms with Crippen molar-refractivity contribution in [3.63, 3.8) is 0 Å². The van der Waals surface area contributed by atoms with Gasteiger partial charge in [0.15, 0.2) is 17.5 Å². The highest BCUT2D eigenvalue weighted by molar-refractivity contribution is 6.19. The van der Waals surface area contributed by atoms with Gasteiger partial charge in [0.05, 0.1) is 0 Å². The van der Waals surface area contributed by atoms with E-state index in [4.69, 9.17) is 19.4 Å². The number of para-hydroxylation sites is 1. The van der Waals surface area contributed by atoms with Crippen LogP contribution < -0.4 is 0 Å². The van der Waals surface area contributed by atoms with Crippen molar-refractivity contribution in [1.29, 1.82) is 0 Å². The van der Waals surface area contributed by atoms with Crippen LogP contribution in [-0.2, 0) is 0 Å². The molecular weight excluding hydrogens is 671 g/mol. The molecule has 11 aromatic rings. The lowest BCUT2D eigenvalue weighted by Gasteiger charge is -2.15. The normalized spacial score (nSPS) is 11.6. The van der Waals surface area contributed by atoms with Crippen molar-refractivity contribution < 1.29 is 4.42 Å². The summed E-state index contributed by atoms with van der Waals surface area (Å²) in [5.74, 6) is 1.88. The van der Waals surface area contributed by atoms with Crippen molar-refractivity contribution in [3.8, 4) is 56.4 Å². The first-order valence-corrected chi connectivity index (χ1v) is 18.5. The van der Waals surface area contributed by atoms with Gasteiger partial charge in [0.25, 0.3) is 0 Å². The van der Waals surface area contributed by atoms with E-state index < -0.39 is 0 Å². The van der Waals surface area contributed by atoms with E-state index in [0.717, 1.165) is 77.0 Å². The predicted octanol–water partition coefficient (Wildman–Crippen LogP) is 13.6. The third-order valence-electron chi connectivity index (χ3n) is 10.7. The van der Waals surface area contributed by atoms with E-state index in [1.165, 1.54) is 16.2 Å². The fourth-order valence-electron chi connectivity index (χ4n) is 8.16. The molecule has 0 spiro atoms. The first-order chi connectivity index (χ1) is 27.3. The van der Waals surface area contributed by atoms with E-state index in [2.05, 4.69) is 164 Å². The summed E-state index contributed by atoms with van der Waals surface area (Å²) >= 11 is 0. The lowest BCUT2D eigenvalue weighted by molar-refractivity contribution is 0.669. The minimum Gasteiger partial charge on any atom is -0.456 e. The molecule has 0 aliphatic rings. The zero-order valence-corrected chi connectivity index (χ0v) is 29.6. The van der Waals surface area contributed by atoms with Crippen molar-refractivity contribution in [2.75, 3.05) is 0 Å². The second kappa shape index (κ2) is 12.6. The Hall–Kier alpha value is -7.43. The van der Waals surface area contributed by atoms with Gasteiger partial charge in [-0.15, -0.1) is 0 Å². The van der Waals surface area contributed by atoms with Crippen LogP contribution in [0.3, 0.4) is 0 Å². The highest BCUT2D eigenvalue weighted by Gasteiger charge is 2.20. The molecule has 0 unspecified atom stereocenters. The molecule has 4 heteroatoms. The summed E-state index contributed by atoms with van der Waals surface area (Å²) in [6, 6.07) is 65.7. The van der Waals surface area contributed by atoms with Gasteiger partial charge in [0, 0.05) is 27.5 Å². The molecule has 55 heavy (non-hydrogen) atoms. The molecule has 0 radical (unpaired) electrons. The fraction of sp³-hybridized carbons (Fsp3) is 0. The highest BCUT2D eigenvalue weighted by Crippen LogP contribution is 2.41. The van der Waals surface area contributed by atoms with Crippen LogP contribution in [0.15, 0.2) is 192 Å². The van der Waals surface area contributed by atoms with Crippen molar-refractivity contribution in [1.82, 2.24) is 15.0 Å². The standard InChI is InChI=1S/C51H31N3O/c1-2-13-32(14-3-1)37-17-8-9-20-42(37)50-52-49(35-27-25-34(26-28-35)39-22-12-24-46-47(39)43-21-10-11-23-45(43)55-46)53-51(54-50)48-40-19-7-5-16-36(40)31-44-38-18-6-4-15-33(38)29-30-41(44)48/h1-31H. The maximum Gasteiger partial charge on any atom is 0.165 e. The zero-order chi connectivity index (χ0) is 36.3. The largest absolute Gasteiger partial charge is 0.456 e. The Balaban J connectivity index is 1.15. The minimum absolute atomic E-state index is 0.614. The molecule has 11 rings (SSSR count). The summed E-state index contributed by atoms with van der Waals surface area (Å²) in [5.41, 5.74) is 9.00. The Morgan fingerprint density at radius 1 is 0.309 bits per heavy atom. The van der Waals surface area contributed by atoms with Gasteiger partial charge in [-0.05, 0) is 72.8 Å². The number of hydrogen-bond acceptors (Lipinski definition) is 4. The number of furan rings is 1. The lowest BCUT2D eigenvalue weighted by Crippen LogP contribution is -2.02. The van der Waals surface area contributed by atoms with Gasteiger partial charge in [-0.3, -0.25) is 0 Å². The summed E-state index contributed by atoms with van der Waals surface area (Å²) in [6.07, 6.45) is 0. The summed E-state index contributed by atoms with van der Waals surface area (Å²) in [6.45, 7) is 0. The van der Waals surface area contributed by atoms with Gasteiger partial charge >= 0.3 is 0 Å². The molecule has 9 aromatic carbocycles. The minimum atomic E-state index is 0.614. The molecule has 0 aliphatic heterocycles. The molecule has 0 fully saturated rings. The molecule has 256 valence electrons. The molecule has 4 nitrogen and oxygen atoms in total. The zero-order valence-electron chi connectivity index (χ0n) is 29.6. The van der Waals surface area contributed by atoms with Crippen LogP contribution in [0.25, 0.3) is 111 Å². The number of hydrogen-bond donors (Lipinski definition) is 0. The number of rotatable bonds is 5. The Kier molecular flexibility index (Phi) is 7.14. The lowest BCUT2D eigenvalue weighted by atomic mass is 9.93. The number of aromatic nitrogens is 3. The Morgan fingerprint density at radius 3 is 1.76 bits per heavy atom. The second-order valence-electron chi connectivity index (χ2n) is 13.9. The van der Waals surface area contributed by atoms with Crippen LogP contribution in [-0.4, -0.2) is 15.0 Å². The maximum atomic E-state index is 6.22. The molecule has 0 aliphatic carbocycles. The number of nitrogens with zero attached hydrogens (tertiary/aromatic N) is 3. The van der Waals surface area contributed by atoms with E-state index in [1.54, 1.807) is 0 Å². The quantitative estimate of drug-likeness (QED) is 0.132. The average molecular weight is 702 g/mol. The van der Waals surface area contributed by atoms with Crippen LogP contribution in [0.2, 0.25) is 0 Å². The average Bonchev–Trinajstić information content (AvgIpc) is 3.65. The third kappa shape index (κ3) is 5.19. The topological polar surface area (TPSA) is 51.8 Å². The van der Waals surface area contributed by atoms with Crippen LogP contribution >= 0.6 is 0 Å². The monoisotopic (exact) mass is 701 g/mol. The summed E-state index contributed by atoms with van der Waals surface area (Å²) in [5, 5.41) is 9.13.